The van der Waals surface area contributed by atoms with Gasteiger partial charge in [-0.1, -0.05) is 11.6 Å². The molecule has 7 heteroatoms. The van der Waals surface area contributed by atoms with Gasteiger partial charge >= 0.3 is 18.6 Å². The van der Waals surface area contributed by atoms with Gasteiger partial charge in [0.15, 0.2) is 0 Å². The van der Waals surface area contributed by atoms with Crippen LogP contribution in [0.2, 0.25) is 5.02 Å². The van der Waals surface area contributed by atoms with E-state index in [1.807, 2.05) is 0 Å². The Morgan fingerprint density at radius 3 is 2.67 bits per heavy atom. The van der Waals surface area contributed by atoms with E-state index in [0.717, 1.165) is 0 Å². The number of rotatable bonds is 3. The van der Waals surface area contributed by atoms with E-state index in [0.29, 0.717) is 0 Å². The number of halogens is 3. The van der Waals surface area contributed by atoms with Gasteiger partial charge in [-0.25, -0.2) is 0 Å². The number of ether oxygens (including phenoxy) is 2. The van der Waals surface area contributed by atoms with Gasteiger partial charge in [0.1, 0.15) is 5.75 Å². The summed E-state index contributed by atoms with van der Waals surface area (Å²) in [6, 6.07) is 3.88. The number of hydrogen-bond acceptors (Lipinski definition) is 4. The lowest BCUT2D eigenvalue weighted by molar-refractivity contribution is -0.152. The van der Waals surface area contributed by atoms with E-state index in [1.165, 1.54) is 18.2 Å². The zero-order chi connectivity index (χ0) is 13.3. The summed E-state index contributed by atoms with van der Waals surface area (Å²) in [6.45, 7) is -3.03. The molecule has 1 saturated heterocycles. The summed E-state index contributed by atoms with van der Waals surface area (Å²) >= 11 is 5.74. The Hall–Kier alpha value is -1.69. The van der Waals surface area contributed by atoms with Crippen LogP contribution >= 0.6 is 11.6 Å². The number of alkyl halides is 2. The van der Waals surface area contributed by atoms with Crippen LogP contribution in [-0.4, -0.2) is 18.6 Å². The molecule has 1 aromatic carbocycles. The molecule has 0 aromatic heterocycles. The monoisotopic (exact) mass is 276 g/mol. The standard InChI is InChI=1S/C11H7ClF2O4/c12-5-1-2-8(17-11(13)14)6(3-5)7-4-9(15)18-10(7)16/h1-3,7,11H,4H2. The molecule has 1 heterocycles. The summed E-state index contributed by atoms with van der Waals surface area (Å²) in [5.74, 6) is -2.63. The quantitative estimate of drug-likeness (QED) is 0.629. The summed E-state index contributed by atoms with van der Waals surface area (Å²) in [5, 5.41) is 0.249. The lowest BCUT2D eigenvalue weighted by Gasteiger charge is -2.13. The second-order valence-corrected chi connectivity index (χ2v) is 4.05. The van der Waals surface area contributed by atoms with Gasteiger partial charge in [-0.05, 0) is 18.2 Å². The Morgan fingerprint density at radius 1 is 1.39 bits per heavy atom. The summed E-state index contributed by atoms with van der Waals surface area (Å²) < 4.78 is 33.1. The minimum atomic E-state index is -3.03. The summed E-state index contributed by atoms with van der Waals surface area (Å²) in [7, 11) is 0. The fraction of sp³-hybridized carbons (Fsp3) is 0.273. The number of benzene rings is 1. The Bertz CT molecular complexity index is 504. The first kappa shape index (κ1) is 12.8. The Labute approximate surface area is 105 Å². The predicted molar refractivity (Wildman–Crippen MR) is 56.5 cm³/mol. The largest absolute Gasteiger partial charge is 0.435 e. The van der Waals surface area contributed by atoms with E-state index in [2.05, 4.69) is 9.47 Å². The van der Waals surface area contributed by atoms with Gasteiger partial charge in [0.25, 0.3) is 0 Å². The van der Waals surface area contributed by atoms with Crippen molar-refractivity contribution in [3.63, 3.8) is 0 Å². The highest BCUT2D eigenvalue weighted by Crippen LogP contribution is 2.36. The van der Waals surface area contributed by atoms with E-state index >= 15 is 0 Å². The fourth-order valence-corrected chi connectivity index (χ4v) is 1.89. The molecule has 1 unspecified atom stereocenters. The second-order valence-electron chi connectivity index (χ2n) is 3.61. The van der Waals surface area contributed by atoms with E-state index in [1.54, 1.807) is 0 Å². The average molecular weight is 277 g/mol. The first-order valence-electron chi connectivity index (χ1n) is 4.96. The van der Waals surface area contributed by atoms with Crippen molar-refractivity contribution in [1.82, 2.24) is 0 Å². The molecule has 18 heavy (non-hydrogen) atoms. The number of carbonyl (C=O) groups excluding carboxylic acids is 2. The first-order valence-corrected chi connectivity index (χ1v) is 5.34. The minimum absolute atomic E-state index is 0.124. The highest BCUT2D eigenvalue weighted by atomic mass is 35.5. The van der Waals surface area contributed by atoms with Crippen molar-refractivity contribution in [1.29, 1.82) is 0 Å². The third kappa shape index (κ3) is 2.59. The zero-order valence-electron chi connectivity index (χ0n) is 8.86. The van der Waals surface area contributed by atoms with Crippen molar-refractivity contribution in [2.75, 3.05) is 0 Å². The van der Waals surface area contributed by atoms with Gasteiger partial charge < -0.3 is 9.47 Å². The van der Waals surface area contributed by atoms with Crippen LogP contribution in [0.3, 0.4) is 0 Å². The minimum Gasteiger partial charge on any atom is -0.435 e. The van der Waals surface area contributed by atoms with Gasteiger partial charge in [0, 0.05) is 10.6 Å². The van der Waals surface area contributed by atoms with E-state index < -0.39 is 24.5 Å². The molecule has 1 aliphatic heterocycles. The Morgan fingerprint density at radius 2 is 2.11 bits per heavy atom. The van der Waals surface area contributed by atoms with Gasteiger partial charge in [0.05, 0.1) is 12.3 Å². The summed E-state index contributed by atoms with van der Waals surface area (Å²) in [6.07, 6.45) is -0.210. The maximum Gasteiger partial charge on any atom is 0.387 e. The molecule has 0 radical (unpaired) electrons. The normalized spacial score (nSPS) is 19.2. The number of carbonyl (C=O) groups is 2. The molecule has 0 amide bonds. The topological polar surface area (TPSA) is 52.6 Å². The maximum absolute atomic E-state index is 12.2. The zero-order valence-corrected chi connectivity index (χ0v) is 9.62. The van der Waals surface area contributed by atoms with Crippen LogP contribution in [0.25, 0.3) is 0 Å². The molecule has 1 fully saturated rings. The molecular formula is C11H7ClF2O4. The van der Waals surface area contributed by atoms with Crippen molar-refractivity contribution >= 4 is 23.5 Å². The van der Waals surface area contributed by atoms with Crippen LogP contribution in [0.15, 0.2) is 18.2 Å². The van der Waals surface area contributed by atoms with E-state index in [-0.39, 0.29) is 22.8 Å². The fourth-order valence-electron chi connectivity index (χ4n) is 1.71. The second kappa shape index (κ2) is 4.89. The van der Waals surface area contributed by atoms with Gasteiger partial charge in [0.2, 0.25) is 0 Å². The summed E-state index contributed by atoms with van der Waals surface area (Å²) in [4.78, 5) is 22.4. The van der Waals surface area contributed by atoms with Crippen molar-refractivity contribution in [3.05, 3.63) is 28.8 Å². The molecule has 0 aliphatic carbocycles. The van der Waals surface area contributed by atoms with Crippen LogP contribution < -0.4 is 4.74 Å². The smallest absolute Gasteiger partial charge is 0.387 e. The van der Waals surface area contributed by atoms with Crippen LogP contribution in [-0.2, 0) is 14.3 Å². The number of esters is 2. The molecule has 1 atom stereocenters. The molecule has 0 spiro atoms. The number of hydrogen-bond donors (Lipinski definition) is 0. The number of cyclic esters (lactones) is 2. The molecule has 0 saturated carbocycles. The van der Waals surface area contributed by atoms with E-state index in [9.17, 15) is 18.4 Å². The van der Waals surface area contributed by atoms with Gasteiger partial charge in [-0.2, -0.15) is 8.78 Å². The van der Waals surface area contributed by atoms with E-state index in [4.69, 9.17) is 11.6 Å². The van der Waals surface area contributed by atoms with Crippen molar-refractivity contribution in [2.24, 2.45) is 0 Å². The molecule has 1 aromatic rings. The Kier molecular flexibility index (Phi) is 3.47. The van der Waals surface area contributed by atoms with Crippen LogP contribution in [0.4, 0.5) is 8.78 Å². The first-order chi connectivity index (χ1) is 8.47. The highest BCUT2D eigenvalue weighted by molar-refractivity contribution is 6.30. The average Bonchev–Trinajstić information content (AvgIpc) is 2.60. The van der Waals surface area contributed by atoms with Crippen LogP contribution in [0.1, 0.15) is 17.9 Å². The lowest BCUT2D eigenvalue weighted by Crippen LogP contribution is -2.10. The lowest BCUT2D eigenvalue weighted by atomic mass is 9.97. The van der Waals surface area contributed by atoms with Crippen molar-refractivity contribution in [2.45, 2.75) is 19.0 Å². The maximum atomic E-state index is 12.2. The van der Waals surface area contributed by atoms with Gasteiger partial charge in [-0.15, -0.1) is 0 Å². The van der Waals surface area contributed by atoms with Gasteiger partial charge in [-0.3, -0.25) is 9.59 Å². The highest BCUT2D eigenvalue weighted by Gasteiger charge is 2.37. The molecule has 0 bridgehead atoms. The SMILES string of the molecule is O=C1CC(c2cc(Cl)ccc2OC(F)F)C(=O)O1. The predicted octanol–water partition coefficient (Wildman–Crippen LogP) is 2.50. The van der Waals surface area contributed by atoms with Crippen LogP contribution in [0, 0.1) is 0 Å². The van der Waals surface area contributed by atoms with Crippen molar-refractivity contribution < 1.29 is 27.8 Å². The molecule has 0 N–H and O–H groups in total. The molecular weight excluding hydrogens is 270 g/mol. The van der Waals surface area contributed by atoms with Crippen LogP contribution in [0.5, 0.6) is 5.75 Å². The van der Waals surface area contributed by atoms with Crippen molar-refractivity contribution in [3.8, 4) is 5.75 Å². The molecule has 4 nitrogen and oxygen atoms in total. The third-order valence-electron chi connectivity index (χ3n) is 2.43. The molecule has 1 aliphatic rings. The summed E-state index contributed by atoms with van der Waals surface area (Å²) in [5.41, 5.74) is 0.124. The molecule has 2 rings (SSSR count). The molecule has 96 valence electrons. The third-order valence-corrected chi connectivity index (χ3v) is 2.67. The Balaban J connectivity index is 2.38.